The summed E-state index contributed by atoms with van der Waals surface area (Å²) in [7, 11) is 0. The van der Waals surface area contributed by atoms with Crippen LogP contribution in [0.15, 0.2) is 29.1 Å². The van der Waals surface area contributed by atoms with Gasteiger partial charge in [-0.05, 0) is 50.2 Å². The van der Waals surface area contributed by atoms with Crippen molar-refractivity contribution in [2.75, 3.05) is 13.1 Å². The molecule has 0 radical (unpaired) electrons. The molecule has 0 bridgehead atoms. The lowest BCUT2D eigenvalue weighted by Gasteiger charge is -2.20. The molecule has 0 atom stereocenters. The van der Waals surface area contributed by atoms with Gasteiger partial charge in [-0.25, -0.2) is 4.98 Å². The predicted molar refractivity (Wildman–Crippen MR) is 110 cm³/mol. The van der Waals surface area contributed by atoms with E-state index in [9.17, 15) is 4.79 Å². The van der Waals surface area contributed by atoms with Crippen molar-refractivity contribution in [1.29, 1.82) is 5.26 Å². The molecule has 0 aliphatic rings. The van der Waals surface area contributed by atoms with Crippen LogP contribution in [0.1, 0.15) is 41.2 Å². The summed E-state index contributed by atoms with van der Waals surface area (Å²) >= 11 is 1.59. The first-order valence-corrected chi connectivity index (χ1v) is 10.0. The molecule has 140 valence electrons. The van der Waals surface area contributed by atoms with Crippen LogP contribution in [-0.2, 0) is 13.1 Å². The van der Waals surface area contributed by atoms with Crippen LogP contribution in [0.3, 0.4) is 0 Å². The molecule has 27 heavy (non-hydrogen) atoms. The number of hydrogen-bond acceptors (Lipinski definition) is 5. The van der Waals surface area contributed by atoms with E-state index >= 15 is 0 Å². The van der Waals surface area contributed by atoms with Gasteiger partial charge < -0.3 is 0 Å². The minimum Gasteiger partial charge on any atom is -0.297 e. The molecular weight excluding hydrogens is 356 g/mol. The zero-order chi connectivity index (χ0) is 19.6. The van der Waals surface area contributed by atoms with Crippen LogP contribution in [0.2, 0.25) is 0 Å². The van der Waals surface area contributed by atoms with E-state index < -0.39 is 0 Å². The van der Waals surface area contributed by atoms with Gasteiger partial charge in [0.25, 0.3) is 5.56 Å². The Kier molecular flexibility index (Phi) is 5.73. The molecular formula is C21H24N4OS. The van der Waals surface area contributed by atoms with Crippen molar-refractivity contribution < 1.29 is 0 Å². The summed E-state index contributed by atoms with van der Waals surface area (Å²) in [6, 6.07) is 9.52. The standard InChI is InChI=1S/C21H24N4OS/c1-5-24(6-2)13-18-23-20-19(14(3)15(4)27-20)21(26)25(18)12-17-9-7-16(11-22)8-10-17/h7-10H,5-6,12-13H2,1-4H3. The monoisotopic (exact) mass is 380 g/mol. The van der Waals surface area contributed by atoms with Gasteiger partial charge in [0.15, 0.2) is 0 Å². The Morgan fingerprint density at radius 1 is 1.19 bits per heavy atom. The number of aryl methyl sites for hydroxylation is 2. The van der Waals surface area contributed by atoms with Crippen molar-refractivity contribution in [2.45, 2.75) is 40.8 Å². The van der Waals surface area contributed by atoms with Crippen molar-refractivity contribution in [2.24, 2.45) is 0 Å². The molecule has 3 aromatic rings. The molecule has 0 N–H and O–H groups in total. The summed E-state index contributed by atoms with van der Waals surface area (Å²) in [5.74, 6) is 0.793. The minimum absolute atomic E-state index is 0.0216. The molecule has 5 nitrogen and oxygen atoms in total. The summed E-state index contributed by atoms with van der Waals surface area (Å²) in [5, 5.41) is 9.72. The first kappa shape index (κ1) is 19.3. The molecule has 3 rings (SSSR count). The lowest BCUT2D eigenvalue weighted by molar-refractivity contribution is 0.282. The molecule has 6 heteroatoms. The van der Waals surface area contributed by atoms with E-state index in [2.05, 4.69) is 24.8 Å². The zero-order valence-corrected chi connectivity index (χ0v) is 17.1. The molecule has 0 unspecified atom stereocenters. The van der Waals surface area contributed by atoms with Crippen molar-refractivity contribution in [1.82, 2.24) is 14.5 Å². The second-order valence-electron chi connectivity index (χ2n) is 6.65. The quantitative estimate of drug-likeness (QED) is 0.652. The zero-order valence-electron chi connectivity index (χ0n) is 16.2. The van der Waals surface area contributed by atoms with E-state index in [0.29, 0.717) is 18.7 Å². The Morgan fingerprint density at radius 2 is 1.85 bits per heavy atom. The van der Waals surface area contributed by atoms with Crippen LogP contribution in [0.4, 0.5) is 0 Å². The van der Waals surface area contributed by atoms with Gasteiger partial charge in [0, 0.05) is 4.88 Å². The Balaban J connectivity index is 2.14. The van der Waals surface area contributed by atoms with Crippen LogP contribution in [0, 0.1) is 25.2 Å². The molecule has 0 saturated heterocycles. The first-order valence-electron chi connectivity index (χ1n) is 9.19. The van der Waals surface area contributed by atoms with Gasteiger partial charge in [0.05, 0.1) is 30.1 Å². The molecule has 0 spiro atoms. The van der Waals surface area contributed by atoms with Crippen molar-refractivity contribution in [3.8, 4) is 6.07 Å². The normalized spacial score (nSPS) is 11.3. The molecule has 2 aromatic heterocycles. The minimum atomic E-state index is 0.0216. The fourth-order valence-corrected chi connectivity index (χ4v) is 4.21. The number of nitriles is 1. The maximum absolute atomic E-state index is 13.3. The summed E-state index contributed by atoms with van der Waals surface area (Å²) in [4.78, 5) is 22.4. The van der Waals surface area contributed by atoms with E-state index in [-0.39, 0.29) is 5.56 Å². The number of fused-ring (bicyclic) bond motifs is 1. The summed E-state index contributed by atoms with van der Waals surface area (Å²) in [5.41, 5.74) is 2.65. The Morgan fingerprint density at radius 3 is 2.44 bits per heavy atom. The van der Waals surface area contributed by atoms with E-state index in [1.54, 1.807) is 28.0 Å². The number of thiophene rings is 1. The summed E-state index contributed by atoms with van der Waals surface area (Å²) < 4.78 is 1.79. The van der Waals surface area contributed by atoms with Crippen molar-refractivity contribution in [3.63, 3.8) is 0 Å². The first-order chi connectivity index (χ1) is 13.0. The number of hydrogen-bond donors (Lipinski definition) is 0. The average molecular weight is 381 g/mol. The van der Waals surface area contributed by atoms with Gasteiger partial charge in [-0.3, -0.25) is 14.3 Å². The second kappa shape index (κ2) is 8.03. The van der Waals surface area contributed by atoms with Crippen molar-refractivity contribution in [3.05, 3.63) is 62.0 Å². The number of rotatable bonds is 6. The highest BCUT2D eigenvalue weighted by Gasteiger charge is 2.18. The highest BCUT2D eigenvalue weighted by Crippen LogP contribution is 2.26. The van der Waals surface area contributed by atoms with Crippen LogP contribution < -0.4 is 5.56 Å². The maximum atomic E-state index is 13.3. The van der Waals surface area contributed by atoms with E-state index in [1.165, 1.54) is 0 Å². The molecule has 0 amide bonds. The third-order valence-corrected chi connectivity index (χ3v) is 6.15. The highest BCUT2D eigenvalue weighted by atomic mass is 32.1. The molecule has 0 saturated carbocycles. The number of benzene rings is 1. The largest absolute Gasteiger partial charge is 0.297 e. The van der Waals surface area contributed by atoms with Crippen LogP contribution in [0.25, 0.3) is 10.2 Å². The van der Waals surface area contributed by atoms with Gasteiger partial charge in [-0.15, -0.1) is 11.3 Å². The van der Waals surface area contributed by atoms with Gasteiger partial charge in [-0.1, -0.05) is 26.0 Å². The lowest BCUT2D eigenvalue weighted by Crippen LogP contribution is -2.31. The fraction of sp³-hybridized carbons (Fsp3) is 0.381. The van der Waals surface area contributed by atoms with E-state index in [4.69, 9.17) is 10.2 Å². The molecule has 2 heterocycles. The molecule has 0 aliphatic heterocycles. The average Bonchev–Trinajstić information content (AvgIpc) is 2.97. The van der Waals surface area contributed by atoms with Crippen LogP contribution >= 0.6 is 11.3 Å². The third-order valence-electron chi connectivity index (χ3n) is 5.05. The van der Waals surface area contributed by atoms with Gasteiger partial charge in [-0.2, -0.15) is 5.26 Å². The predicted octanol–water partition coefficient (Wildman–Crippen LogP) is 3.84. The summed E-state index contributed by atoms with van der Waals surface area (Å²) in [6.07, 6.45) is 0. The molecule has 0 aliphatic carbocycles. The van der Waals surface area contributed by atoms with Gasteiger partial charge in [0.1, 0.15) is 10.7 Å². The van der Waals surface area contributed by atoms with Crippen molar-refractivity contribution >= 4 is 21.6 Å². The highest BCUT2D eigenvalue weighted by molar-refractivity contribution is 7.18. The van der Waals surface area contributed by atoms with E-state index in [1.807, 2.05) is 26.0 Å². The number of aromatic nitrogens is 2. The third kappa shape index (κ3) is 3.80. The van der Waals surface area contributed by atoms with Crippen LogP contribution in [-0.4, -0.2) is 27.5 Å². The second-order valence-corrected chi connectivity index (χ2v) is 7.86. The summed E-state index contributed by atoms with van der Waals surface area (Å²) in [6.45, 7) is 11.2. The van der Waals surface area contributed by atoms with E-state index in [0.717, 1.165) is 45.1 Å². The lowest BCUT2D eigenvalue weighted by atomic mass is 10.1. The Hall–Kier alpha value is -2.49. The topological polar surface area (TPSA) is 61.9 Å². The SMILES string of the molecule is CCN(CC)Cc1nc2sc(C)c(C)c2c(=O)n1Cc1ccc(C#N)cc1. The van der Waals surface area contributed by atoms with Crippen LogP contribution in [0.5, 0.6) is 0 Å². The maximum Gasteiger partial charge on any atom is 0.262 e. The fourth-order valence-electron chi connectivity index (χ4n) is 3.17. The van der Waals surface area contributed by atoms with Gasteiger partial charge in [0.2, 0.25) is 0 Å². The smallest absolute Gasteiger partial charge is 0.262 e. The Bertz CT molecular complexity index is 1050. The number of nitrogens with zero attached hydrogens (tertiary/aromatic N) is 4. The molecule has 0 fully saturated rings. The molecule has 1 aromatic carbocycles. The van der Waals surface area contributed by atoms with Gasteiger partial charge >= 0.3 is 0 Å². The Labute approximate surface area is 163 Å².